The lowest BCUT2D eigenvalue weighted by atomic mass is 10.3. The molecule has 8 heteroatoms. The molecule has 94 valence electrons. The predicted molar refractivity (Wildman–Crippen MR) is 63.2 cm³/mol. The number of rotatable bonds is 6. The van der Waals surface area contributed by atoms with Crippen molar-refractivity contribution in [3.63, 3.8) is 0 Å². The summed E-state index contributed by atoms with van der Waals surface area (Å²) in [4.78, 5) is 17.8. The number of unbranched alkanes of at least 4 members (excludes halogenated alkanes) is 1. The van der Waals surface area contributed by atoms with Crippen molar-refractivity contribution < 1.29 is 10.0 Å². The van der Waals surface area contributed by atoms with Crippen molar-refractivity contribution in [1.29, 1.82) is 0 Å². The van der Waals surface area contributed by atoms with Gasteiger partial charge in [-0.15, -0.1) is 0 Å². The van der Waals surface area contributed by atoms with Crippen molar-refractivity contribution >= 4 is 23.1 Å². The Kier molecular flexibility index (Phi) is 5.05. The fourth-order valence-electron chi connectivity index (χ4n) is 1.32. The Hall–Kier alpha value is -1.47. The van der Waals surface area contributed by atoms with Gasteiger partial charge in [-0.1, -0.05) is 0 Å². The Balaban J connectivity index is 2.85. The van der Waals surface area contributed by atoms with Gasteiger partial charge >= 0.3 is 5.69 Å². The number of aryl methyl sites for hydroxylation is 1. The summed E-state index contributed by atoms with van der Waals surface area (Å²) in [7, 11) is 0. The summed E-state index contributed by atoms with van der Waals surface area (Å²) < 4.78 is 0. The van der Waals surface area contributed by atoms with Crippen molar-refractivity contribution in [2.24, 2.45) is 0 Å². The Labute approximate surface area is 103 Å². The van der Waals surface area contributed by atoms with Gasteiger partial charge < -0.3 is 10.4 Å². The topological polar surface area (TPSA) is 101 Å². The first-order chi connectivity index (χ1) is 8.06. The van der Waals surface area contributed by atoms with E-state index in [-0.39, 0.29) is 29.1 Å². The van der Waals surface area contributed by atoms with Crippen LogP contribution in [0.1, 0.15) is 18.5 Å². The van der Waals surface area contributed by atoms with Gasteiger partial charge in [0.2, 0.25) is 11.1 Å². The van der Waals surface area contributed by atoms with Gasteiger partial charge in [-0.2, -0.15) is 4.98 Å². The van der Waals surface area contributed by atoms with Gasteiger partial charge in [-0.25, -0.2) is 4.98 Å². The highest BCUT2D eigenvalue weighted by atomic mass is 35.5. The third-order valence-corrected chi connectivity index (χ3v) is 2.26. The molecule has 0 radical (unpaired) electrons. The van der Waals surface area contributed by atoms with Gasteiger partial charge in [0.05, 0.1) is 4.92 Å². The molecule has 1 aromatic rings. The molecule has 17 heavy (non-hydrogen) atoms. The molecule has 0 atom stereocenters. The van der Waals surface area contributed by atoms with Gasteiger partial charge in [0.1, 0.15) is 5.69 Å². The minimum Gasteiger partial charge on any atom is -0.396 e. The van der Waals surface area contributed by atoms with E-state index < -0.39 is 4.92 Å². The normalized spacial score (nSPS) is 10.3. The van der Waals surface area contributed by atoms with E-state index in [1.165, 1.54) is 6.92 Å². The largest absolute Gasteiger partial charge is 0.396 e. The average molecular weight is 261 g/mol. The predicted octanol–water partition coefficient (Wildman–Crippen LogP) is 1.53. The highest BCUT2D eigenvalue weighted by molar-refractivity contribution is 6.28. The number of nitrogens with zero attached hydrogens (tertiary/aromatic N) is 3. The number of nitrogens with one attached hydrogen (secondary N) is 1. The minimum atomic E-state index is -0.542. The molecule has 7 nitrogen and oxygen atoms in total. The second kappa shape index (κ2) is 6.31. The first kappa shape index (κ1) is 13.6. The van der Waals surface area contributed by atoms with Crippen LogP contribution in [0.3, 0.4) is 0 Å². The highest BCUT2D eigenvalue weighted by Gasteiger charge is 2.21. The average Bonchev–Trinajstić information content (AvgIpc) is 2.22. The van der Waals surface area contributed by atoms with Crippen LogP contribution < -0.4 is 5.32 Å². The monoisotopic (exact) mass is 260 g/mol. The van der Waals surface area contributed by atoms with Gasteiger partial charge in [-0.3, -0.25) is 10.1 Å². The lowest BCUT2D eigenvalue weighted by Crippen LogP contribution is -2.09. The van der Waals surface area contributed by atoms with Gasteiger partial charge in [0.25, 0.3) is 0 Å². The van der Waals surface area contributed by atoms with Crippen LogP contribution in [-0.4, -0.2) is 33.1 Å². The molecule has 0 aliphatic rings. The Morgan fingerprint density at radius 2 is 2.18 bits per heavy atom. The maximum Gasteiger partial charge on any atom is 0.332 e. The van der Waals surface area contributed by atoms with Crippen LogP contribution >= 0.6 is 11.6 Å². The quantitative estimate of drug-likeness (QED) is 0.348. The first-order valence-corrected chi connectivity index (χ1v) is 5.47. The van der Waals surface area contributed by atoms with Crippen molar-refractivity contribution in [1.82, 2.24) is 9.97 Å². The smallest absolute Gasteiger partial charge is 0.332 e. The molecular weight excluding hydrogens is 248 g/mol. The summed E-state index contributed by atoms with van der Waals surface area (Å²) in [6, 6.07) is 0. The maximum atomic E-state index is 10.8. The summed E-state index contributed by atoms with van der Waals surface area (Å²) >= 11 is 5.64. The van der Waals surface area contributed by atoms with Crippen LogP contribution in [-0.2, 0) is 0 Å². The molecule has 0 aromatic carbocycles. The van der Waals surface area contributed by atoms with Crippen molar-refractivity contribution in [3.05, 3.63) is 21.1 Å². The van der Waals surface area contributed by atoms with E-state index in [0.29, 0.717) is 19.4 Å². The number of nitro groups is 1. The molecule has 1 rings (SSSR count). The first-order valence-electron chi connectivity index (χ1n) is 5.09. The fraction of sp³-hybridized carbons (Fsp3) is 0.556. The van der Waals surface area contributed by atoms with Crippen LogP contribution in [0.2, 0.25) is 5.28 Å². The zero-order valence-corrected chi connectivity index (χ0v) is 10.1. The number of aromatic nitrogens is 2. The molecule has 1 heterocycles. The molecule has 0 saturated heterocycles. The maximum absolute atomic E-state index is 10.8. The molecule has 0 amide bonds. The van der Waals surface area contributed by atoms with Crippen molar-refractivity contribution in [3.8, 4) is 0 Å². The van der Waals surface area contributed by atoms with Crippen LogP contribution in [0.25, 0.3) is 0 Å². The molecule has 0 saturated carbocycles. The second-order valence-electron chi connectivity index (χ2n) is 3.39. The van der Waals surface area contributed by atoms with Gasteiger partial charge in [0.15, 0.2) is 0 Å². The standard InChI is InChI=1S/C9H13ClN4O3/c1-6-7(14(16)17)8(13-9(10)12-6)11-4-2-3-5-15/h15H,2-5H2,1H3,(H,11,12,13). The summed E-state index contributed by atoms with van der Waals surface area (Å²) in [6.07, 6.45) is 1.31. The van der Waals surface area contributed by atoms with Crippen molar-refractivity contribution in [2.75, 3.05) is 18.5 Å². The number of halogens is 1. The summed E-state index contributed by atoms with van der Waals surface area (Å²) in [5.41, 5.74) is 0.0538. The van der Waals surface area contributed by atoms with Crippen LogP contribution in [0.4, 0.5) is 11.5 Å². The molecule has 0 aliphatic carbocycles. The van der Waals surface area contributed by atoms with Gasteiger partial charge in [0, 0.05) is 13.2 Å². The fourth-order valence-corrected chi connectivity index (χ4v) is 1.53. The van der Waals surface area contributed by atoms with Crippen molar-refractivity contribution in [2.45, 2.75) is 19.8 Å². The van der Waals surface area contributed by atoms with Crippen LogP contribution in [0.15, 0.2) is 0 Å². The van der Waals surface area contributed by atoms with E-state index in [1.807, 2.05) is 0 Å². The van der Waals surface area contributed by atoms with Crippen LogP contribution in [0.5, 0.6) is 0 Å². The number of hydrogen-bond donors (Lipinski definition) is 2. The summed E-state index contributed by atoms with van der Waals surface area (Å²) in [5.74, 6) is 0.116. The van der Waals surface area contributed by atoms with E-state index in [1.54, 1.807) is 0 Å². The number of anilines is 1. The van der Waals surface area contributed by atoms with E-state index in [2.05, 4.69) is 15.3 Å². The molecule has 1 aromatic heterocycles. The molecular formula is C9H13ClN4O3. The molecule has 2 N–H and O–H groups in total. The highest BCUT2D eigenvalue weighted by Crippen LogP contribution is 2.26. The van der Waals surface area contributed by atoms with Gasteiger partial charge in [-0.05, 0) is 31.4 Å². The van der Waals surface area contributed by atoms with E-state index in [0.717, 1.165) is 0 Å². The van der Waals surface area contributed by atoms with E-state index >= 15 is 0 Å². The molecule has 0 unspecified atom stereocenters. The number of aliphatic hydroxyl groups is 1. The Morgan fingerprint density at radius 1 is 1.47 bits per heavy atom. The van der Waals surface area contributed by atoms with E-state index in [4.69, 9.17) is 16.7 Å². The zero-order valence-electron chi connectivity index (χ0n) is 9.31. The molecule has 0 bridgehead atoms. The Morgan fingerprint density at radius 3 is 2.76 bits per heavy atom. The second-order valence-corrected chi connectivity index (χ2v) is 3.73. The molecule has 0 spiro atoms. The number of hydrogen-bond acceptors (Lipinski definition) is 6. The number of aliphatic hydroxyl groups excluding tert-OH is 1. The zero-order chi connectivity index (χ0) is 12.8. The lowest BCUT2D eigenvalue weighted by Gasteiger charge is -2.07. The third kappa shape index (κ3) is 3.79. The van der Waals surface area contributed by atoms with Crippen LogP contribution in [0, 0.1) is 17.0 Å². The molecule has 0 fully saturated rings. The molecule has 0 aliphatic heterocycles. The Bertz CT molecular complexity index is 413. The van der Waals surface area contributed by atoms with E-state index in [9.17, 15) is 10.1 Å². The minimum absolute atomic E-state index is 0.0299. The SMILES string of the molecule is Cc1nc(Cl)nc(NCCCCO)c1[N+](=O)[O-]. The lowest BCUT2D eigenvalue weighted by molar-refractivity contribution is -0.385. The summed E-state index contributed by atoms with van der Waals surface area (Å²) in [5, 5.41) is 22.2. The third-order valence-electron chi connectivity index (χ3n) is 2.09. The summed E-state index contributed by atoms with van der Waals surface area (Å²) in [6.45, 7) is 2.08.